The number of hydrogen-bond donors (Lipinski definition) is 0. The number of carbonyl (C=O) groups is 1. The molecule has 6 nitrogen and oxygen atoms in total. The minimum absolute atomic E-state index is 0.0312. The Balaban J connectivity index is 1.11. The molecule has 168 valence electrons. The monoisotopic (exact) mass is 428 g/mol. The Morgan fingerprint density at radius 3 is 2.42 bits per heavy atom. The van der Waals surface area contributed by atoms with Crippen LogP contribution in [-0.2, 0) is 30.7 Å². The van der Waals surface area contributed by atoms with Crippen molar-refractivity contribution >= 4 is 5.97 Å². The van der Waals surface area contributed by atoms with Gasteiger partial charge in [0.2, 0.25) is 11.6 Å². The van der Waals surface area contributed by atoms with E-state index in [1.54, 1.807) is 0 Å². The molecule has 1 aromatic rings. The smallest absolute Gasteiger partial charge is 0.302 e. The van der Waals surface area contributed by atoms with Crippen molar-refractivity contribution in [2.45, 2.75) is 89.0 Å². The molecular weight excluding hydrogens is 396 g/mol. The van der Waals surface area contributed by atoms with Gasteiger partial charge in [-0.2, -0.15) is 9.78 Å². The molecule has 0 radical (unpaired) electrons. The molecule has 6 aliphatic rings. The van der Waals surface area contributed by atoms with Crippen LogP contribution in [0.2, 0.25) is 0 Å². The molecule has 5 saturated carbocycles. The lowest BCUT2D eigenvalue weighted by Gasteiger charge is -2.57. The maximum absolute atomic E-state index is 11.0. The second kappa shape index (κ2) is 7.46. The fourth-order valence-corrected chi connectivity index (χ4v) is 7.07. The van der Waals surface area contributed by atoms with Crippen LogP contribution in [0.15, 0.2) is 24.3 Å². The zero-order valence-electron chi connectivity index (χ0n) is 18.2. The van der Waals surface area contributed by atoms with Gasteiger partial charge in [0.15, 0.2) is 0 Å². The van der Waals surface area contributed by atoms with Crippen LogP contribution in [0.4, 0.5) is 0 Å². The molecule has 31 heavy (non-hydrogen) atoms. The summed E-state index contributed by atoms with van der Waals surface area (Å²) in [7, 11) is 0. The molecule has 0 amide bonds. The highest BCUT2D eigenvalue weighted by Crippen LogP contribution is 2.63. The predicted molar refractivity (Wildman–Crippen MR) is 111 cm³/mol. The third-order valence-electron chi connectivity index (χ3n) is 8.24. The Morgan fingerprint density at radius 2 is 1.74 bits per heavy atom. The maximum atomic E-state index is 11.0. The minimum Gasteiger partial charge on any atom is -0.490 e. The highest BCUT2D eigenvalue weighted by Gasteiger charge is 2.67. The van der Waals surface area contributed by atoms with Gasteiger partial charge in [-0.3, -0.25) is 4.79 Å². The van der Waals surface area contributed by atoms with E-state index in [9.17, 15) is 4.79 Å². The van der Waals surface area contributed by atoms with Crippen LogP contribution in [0.1, 0.15) is 70.3 Å². The van der Waals surface area contributed by atoms with Gasteiger partial charge in [0.1, 0.15) is 18.5 Å². The van der Waals surface area contributed by atoms with E-state index < -0.39 is 11.6 Å². The van der Waals surface area contributed by atoms with Crippen molar-refractivity contribution in [2.75, 3.05) is 0 Å². The number of esters is 1. The first-order chi connectivity index (χ1) is 15.0. The molecule has 1 heterocycles. The molecule has 0 aromatic heterocycles. The van der Waals surface area contributed by atoms with E-state index in [4.69, 9.17) is 24.0 Å². The minimum atomic E-state index is -0.673. The number of hydrogen-bond acceptors (Lipinski definition) is 6. The van der Waals surface area contributed by atoms with Crippen LogP contribution >= 0.6 is 0 Å². The molecule has 5 aliphatic carbocycles. The van der Waals surface area contributed by atoms with Crippen LogP contribution in [0.25, 0.3) is 0 Å². The molecule has 1 aliphatic heterocycles. The van der Waals surface area contributed by atoms with E-state index in [0.717, 1.165) is 42.4 Å². The summed E-state index contributed by atoms with van der Waals surface area (Å²) >= 11 is 0. The number of carbonyl (C=O) groups excluding carboxylic acids is 1. The lowest BCUT2D eigenvalue weighted by Crippen LogP contribution is -2.59. The molecule has 2 atom stereocenters. The zero-order chi connectivity index (χ0) is 21.1. The molecule has 2 spiro atoms. The second-order valence-electron chi connectivity index (χ2n) is 10.5. The van der Waals surface area contributed by atoms with Crippen LogP contribution in [0.5, 0.6) is 5.75 Å². The van der Waals surface area contributed by atoms with E-state index in [1.165, 1.54) is 39.0 Å². The molecule has 2 unspecified atom stereocenters. The summed E-state index contributed by atoms with van der Waals surface area (Å²) in [6, 6.07) is 7.75. The van der Waals surface area contributed by atoms with Crippen molar-refractivity contribution in [2.24, 2.45) is 23.7 Å². The van der Waals surface area contributed by atoms with E-state index in [1.807, 2.05) is 24.3 Å². The van der Waals surface area contributed by atoms with Gasteiger partial charge in [0.05, 0.1) is 0 Å². The lowest BCUT2D eigenvalue weighted by molar-refractivity contribution is -0.390. The molecule has 4 bridgehead atoms. The molecule has 6 heteroatoms. The summed E-state index contributed by atoms with van der Waals surface area (Å²) < 4.78 is 18.2. The van der Waals surface area contributed by atoms with Gasteiger partial charge in [0, 0.05) is 31.6 Å². The standard InChI is InChI=1S/C25H32O6/c1-16(26)27-15-17-4-6-22(7-5-17)28-23-3-2-8-24(14-23)29-25(31-30-24)20-10-18-9-19(12-20)13-21(25)11-18/h4-7,18-21,23H,2-3,8-15H2,1H3. The largest absolute Gasteiger partial charge is 0.490 e. The zero-order valence-corrected chi connectivity index (χ0v) is 18.2. The summed E-state index contributed by atoms with van der Waals surface area (Å²) in [5, 5.41) is 0. The Bertz CT molecular complexity index is 807. The van der Waals surface area contributed by atoms with E-state index in [2.05, 4.69) is 0 Å². The highest BCUT2D eigenvalue weighted by atomic mass is 17.3. The van der Waals surface area contributed by atoms with Crippen LogP contribution < -0.4 is 4.74 Å². The normalized spacial score (nSPS) is 42.9. The van der Waals surface area contributed by atoms with E-state index >= 15 is 0 Å². The summed E-state index contributed by atoms with van der Waals surface area (Å²) in [4.78, 5) is 23.2. The Hall–Kier alpha value is -1.63. The van der Waals surface area contributed by atoms with Crippen LogP contribution in [0, 0.1) is 23.7 Å². The molecule has 1 saturated heterocycles. The predicted octanol–water partition coefficient (Wildman–Crippen LogP) is 4.90. The van der Waals surface area contributed by atoms with Gasteiger partial charge in [-0.1, -0.05) is 12.1 Å². The third-order valence-corrected chi connectivity index (χ3v) is 8.24. The average molecular weight is 429 g/mol. The molecule has 1 aromatic carbocycles. The number of rotatable bonds is 4. The van der Waals surface area contributed by atoms with Crippen molar-refractivity contribution in [1.82, 2.24) is 0 Å². The Morgan fingerprint density at radius 1 is 1.03 bits per heavy atom. The van der Waals surface area contributed by atoms with E-state index in [0.29, 0.717) is 18.3 Å². The summed E-state index contributed by atoms with van der Waals surface area (Å²) in [5.74, 6) is 2.04. The van der Waals surface area contributed by atoms with Crippen molar-refractivity contribution in [3.8, 4) is 5.75 Å². The first-order valence-electron chi connectivity index (χ1n) is 12.0. The van der Waals surface area contributed by atoms with Gasteiger partial charge in [-0.25, -0.2) is 0 Å². The first-order valence-corrected chi connectivity index (χ1v) is 12.0. The molecule has 6 fully saturated rings. The fourth-order valence-electron chi connectivity index (χ4n) is 7.07. The lowest BCUT2D eigenvalue weighted by atomic mass is 9.53. The quantitative estimate of drug-likeness (QED) is 0.502. The molecule has 7 rings (SSSR count). The molecular formula is C25H32O6. The second-order valence-corrected chi connectivity index (χ2v) is 10.5. The fraction of sp³-hybridized carbons (Fsp3) is 0.720. The van der Waals surface area contributed by atoms with Gasteiger partial charge in [0.25, 0.3) is 0 Å². The highest BCUT2D eigenvalue weighted by molar-refractivity contribution is 5.65. The summed E-state index contributed by atoms with van der Waals surface area (Å²) in [5.41, 5.74) is 0.947. The molecule has 0 N–H and O–H groups in total. The third kappa shape index (κ3) is 3.57. The van der Waals surface area contributed by atoms with Crippen molar-refractivity contribution < 1.29 is 28.8 Å². The maximum Gasteiger partial charge on any atom is 0.302 e. The Kier molecular flexibility index (Phi) is 4.82. The number of ether oxygens (including phenoxy) is 3. The van der Waals surface area contributed by atoms with Gasteiger partial charge in [-0.05, 0) is 74.5 Å². The summed E-state index contributed by atoms with van der Waals surface area (Å²) in [6.07, 6.45) is 9.88. The average Bonchev–Trinajstić information content (AvgIpc) is 3.10. The first kappa shape index (κ1) is 20.0. The summed E-state index contributed by atoms with van der Waals surface area (Å²) in [6.45, 7) is 1.70. The van der Waals surface area contributed by atoms with Crippen molar-refractivity contribution in [3.63, 3.8) is 0 Å². The van der Waals surface area contributed by atoms with E-state index in [-0.39, 0.29) is 18.7 Å². The van der Waals surface area contributed by atoms with Gasteiger partial charge >= 0.3 is 5.97 Å². The van der Waals surface area contributed by atoms with Crippen molar-refractivity contribution in [3.05, 3.63) is 29.8 Å². The van der Waals surface area contributed by atoms with Crippen LogP contribution in [-0.4, -0.2) is 23.6 Å². The number of benzene rings is 1. The van der Waals surface area contributed by atoms with Crippen LogP contribution in [0.3, 0.4) is 0 Å². The van der Waals surface area contributed by atoms with Gasteiger partial charge in [-0.15, -0.1) is 0 Å². The topological polar surface area (TPSA) is 63.2 Å². The Labute approximate surface area is 183 Å². The van der Waals surface area contributed by atoms with Gasteiger partial charge < -0.3 is 14.2 Å². The van der Waals surface area contributed by atoms with Crippen molar-refractivity contribution in [1.29, 1.82) is 0 Å². The SMILES string of the molecule is CC(=O)OCc1ccc(OC2CCCC3(C2)OOC2(O3)C3CC4CC(C3)CC2C4)cc1.